The van der Waals surface area contributed by atoms with Crippen LogP contribution in [0.15, 0.2) is 12.3 Å². The van der Waals surface area contributed by atoms with E-state index in [0.717, 1.165) is 32.6 Å². The van der Waals surface area contributed by atoms with Gasteiger partial charge < -0.3 is 10.1 Å². The van der Waals surface area contributed by atoms with Crippen LogP contribution in [0.2, 0.25) is 10.0 Å². The van der Waals surface area contributed by atoms with E-state index >= 15 is 0 Å². The number of ether oxygens (including phenoxy) is 1. The largest absolute Gasteiger partial charge is 0.381 e. The molecule has 1 aromatic heterocycles. The fraction of sp³-hybridized carbons (Fsp3) is 0.545. The molecule has 1 aliphatic heterocycles. The Kier molecular flexibility index (Phi) is 4.27. The van der Waals surface area contributed by atoms with Crippen LogP contribution in [0.4, 0.5) is 5.82 Å². The summed E-state index contributed by atoms with van der Waals surface area (Å²) in [5.74, 6) is 1.35. The van der Waals surface area contributed by atoms with E-state index in [0.29, 0.717) is 21.8 Å². The Labute approximate surface area is 105 Å². The first kappa shape index (κ1) is 12.0. The van der Waals surface area contributed by atoms with Crippen LogP contribution in [0, 0.1) is 5.92 Å². The molecule has 0 aromatic carbocycles. The molecule has 0 bridgehead atoms. The fourth-order valence-electron chi connectivity index (χ4n) is 1.74. The zero-order chi connectivity index (χ0) is 11.4. The topological polar surface area (TPSA) is 34.2 Å². The summed E-state index contributed by atoms with van der Waals surface area (Å²) in [4.78, 5) is 4.16. The highest BCUT2D eigenvalue weighted by Crippen LogP contribution is 2.23. The molecule has 1 fully saturated rings. The number of hydrogen-bond acceptors (Lipinski definition) is 3. The first-order valence-corrected chi connectivity index (χ1v) is 6.14. The summed E-state index contributed by atoms with van der Waals surface area (Å²) in [7, 11) is 0. The highest BCUT2D eigenvalue weighted by atomic mass is 35.5. The number of anilines is 1. The third kappa shape index (κ3) is 3.24. The van der Waals surface area contributed by atoms with E-state index in [1.807, 2.05) is 0 Å². The lowest BCUT2D eigenvalue weighted by atomic mass is 10.0. The molecule has 1 N–H and O–H groups in total. The van der Waals surface area contributed by atoms with Crippen LogP contribution in [0.25, 0.3) is 0 Å². The molecule has 2 rings (SSSR count). The van der Waals surface area contributed by atoms with E-state index in [1.165, 1.54) is 0 Å². The van der Waals surface area contributed by atoms with Gasteiger partial charge in [-0.25, -0.2) is 4.98 Å². The summed E-state index contributed by atoms with van der Waals surface area (Å²) in [6.07, 6.45) is 3.79. The molecule has 1 aliphatic rings. The Balaban J connectivity index is 1.88. The first-order valence-electron chi connectivity index (χ1n) is 5.38. The summed E-state index contributed by atoms with van der Waals surface area (Å²) in [6, 6.07) is 1.70. The van der Waals surface area contributed by atoms with E-state index in [4.69, 9.17) is 27.9 Å². The molecule has 0 saturated carbocycles. The smallest absolute Gasteiger partial charge is 0.144 e. The molecule has 0 unspecified atom stereocenters. The van der Waals surface area contributed by atoms with Crippen molar-refractivity contribution in [1.29, 1.82) is 0 Å². The van der Waals surface area contributed by atoms with Crippen molar-refractivity contribution in [3.63, 3.8) is 0 Å². The highest BCUT2D eigenvalue weighted by Gasteiger charge is 2.14. The maximum atomic E-state index is 6.01. The highest BCUT2D eigenvalue weighted by molar-refractivity contribution is 6.35. The Morgan fingerprint density at radius 3 is 2.81 bits per heavy atom. The lowest BCUT2D eigenvalue weighted by Gasteiger charge is -2.22. The van der Waals surface area contributed by atoms with Crippen molar-refractivity contribution < 1.29 is 4.74 Å². The van der Waals surface area contributed by atoms with Crippen molar-refractivity contribution in [3.8, 4) is 0 Å². The van der Waals surface area contributed by atoms with Crippen LogP contribution in [0.1, 0.15) is 12.8 Å². The monoisotopic (exact) mass is 260 g/mol. The second kappa shape index (κ2) is 5.71. The third-order valence-electron chi connectivity index (χ3n) is 2.71. The van der Waals surface area contributed by atoms with Gasteiger partial charge in [0.2, 0.25) is 0 Å². The first-order chi connectivity index (χ1) is 7.75. The molecule has 0 spiro atoms. The maximum Gasteiger partial charge on any atom is 0.144 e. The minimum Gasteiger partial charge on any atom is -0.381 e. The molecule has 0 aliphatic carbocycles. The quantitative estimate of drug-likeness (QED) is 0.907. The lowest BCUT2D eigenvalue weighted by molar-refractivity contribution is 0.0699. The number of halogens is 2. The number of nitrogens with one attached hydrogen (secondary N) is 1. The van der Waals surface area contributed by atoms with E-state index in [2.05, 4.69) is 10.3 Å². The molecule has 1 aromatic rings. The fourth-order valence-corrected chi connectivity index (χ4v) is 2.18. The van der Waals surface area contributed by atoms with Crippen molar-refractivity contribution in [1.82, 2.24) is 4.98 Å². The van der Waals surface area contributed by atoms with Crippen molar-refractivity contribution >= 4 is 29.0 Å². The summed E-state index contributed by atoms with van der Waals surface area (Å²) in [5, 5.41) is 4.38. The van der Waals surface area contributed by atoms with Crippen LogP contribution in [0.3, 0.4) is 0 Å². The average Bonchev–Trinajstić information content (AvgIpc) is 2.29. The molecule has 5 heteroatoms. The predicted octanol–water partition coefficient (Wildman–Crippen LogP) is 3.23. The lowest BCUT2D eigenvalue weighted by Crippen LogP contribution is -2.23. The molecular formula is C11H14Cl2N2O. The Morgan fingerprint density at radius 1 is 1.38 bits per heavy atom. The van der Waals surface area contributed by atoms with Gasteiger partial charge in [-0.1, -0.05) is 23.2 Å². The normalized spacial score (nSPS) is 17.4. The van der Waals surface area contributed by atoms with Gasteiger partial charge in [0.25, 0.3) is 0 Å². The van der Waals surface area contributed by atoms with Crippen LogP contribution in [0.5, 0.6) is 0 Å². The zero-order valence-electron chi connectivity index (χ0n) is 8.88. The number of hydrogen-bond donors (Lipinski definition) is 1. The number of rotatable bonds is 3. The van der Waals surface area contributed by atoms with E-state index < -0.39 is 0 Å². The SMILES string of the molecule is Clc1cnc(NCC2CCOCC2)c(Cl)c1. The van der Waals surface area contributed by atoms with Gasteiger partial charge in [-0.15, -0.1) is 0 Å². The molecule has 1 saturated heterocycles. The van der Waals surface area contributed by atoms with Gasteiger partial charge in [0.15, 0.2) is 0 Å². The molecule has 3 nitrogen and oxygen atoms in total. The van der Waals surface area contributed by atoms with Gasteiger partial charge in [-0.3, -0.25) is 0 Å². The van der Waals surface area contributed by atoms with Gasteiger partial charge in [0.05, 0.1) is 10.0 Å². The number of nitrogens with zero attached hydrogens (tertiary/aromatic N) is 1. The van der Waals surface area contributed by atoms with Crippen molar-refractivity contribution in [2.75, 3.05) is 25.1 Å². The van der Waals surface area contributed by atoms with Crippen LogP contribution in [-0.2, 0) is 4.74 Å². The minimum absolute atomic E-state index is 0.557. The Bertz CT molecular complexity index is 354. The summed E-state index contributed by atoms with van der Waals surface area (Å²) in [5.41, 5.74) is 0. The van der Waals surface area contributed by atoms with Crippen LogP contribution in [-0.4, -0.2) is 24.7 Å². The zero-order valence-corrected chi connectivity index (χ0v) is 10.4. The second-order valence-corrected chi connectivity index (χ2v) is 4.76. The molecule has 0 atom stereocenters. The van der Waals surface area contributed by atoms with Crippen molar-refractivity contribution in [3.05, 3.63) is 22.3 Å². The van der Waals surface area contributed by atoms with Gasteiger partial charge in [-0.05, 0) is 24.8 Å². The van der Waals surface area contributed by atoms with E-state index in [1.54, 1.807) is 12.3 Å². The number of aromatic nitrogens is 1. The molecule has 2 heterocycles. The van der Waals surface area contributed by atoms with E-state index in [9.17, 15) is 0 Å². The predicted molar refractivity (Wildman–Crippen MR) is 66.3 cm³/mol. The molecular weight excluding hydrogens is 247 g/mol. The van der Waals surface area contributed by atoms with Crippen LogP contribution >= 0.6 is 23.2 Å². The Hall–Kier alpha value is -0.510. The van der Waals surface area contributed by atoms with Crippen molar-refractivity contribution in [2.24, 2.45) is 5.92 Å². The number of pyridine rings is 1. The molecule has 16 heavy (non-hydrogen) atoms. The van der Waals surface area contributed by atoms with Crippen LogP contribution < -0.4 is 5.32 Å². The van der Waals surface area contributed by atoms with Gasteiger partial charge in [0.1, 0.15) is 5.82 Å². The Morgan fingerprint density at radius 2 is 2.12 bits per heavy atom. The minimum atomic E-state index is 0.557. The third-order valence-corrected chi connectivity index (χ3v) is 3.20. The summed E-state index contributed by atoms with van der Waals surface area (Å²) >= 11 is 11.8. The van der Waals surface area contributed by atoms with Gasteiger partial charge >= 0.3 is 0 Å². The van der Waals surface area contributed by atoms with E-state index in [-0.39, 0.29) is 0 Å². The molecule has 0 amide bonds. The summed E-state index contributed by atoms with van der Waals surface area (Å²) in [6.45, 7) is 2.60. The summed E-state index contributed by atoms with van der Waals surface area (Å²) < 4.78 is 5.30. The maximum absolute atomic E-state index is 6.01. The van der Waals surface area contributed by atoms with Gasteiger partial charge in [0, 0.05) is 26.0 Å². The average molecular weight is 261 g/mol. The van der Waals surface area contributed by atoms with Crippen molar-refractivity contribution in [2.45, 2.75) is 12.8 Å². The molecule has 88 valence electrons. The molecule has 0 radical (unpaired) electrons. The standard InChI is InChI=1S/C11H14Cl2N2O/c12-9-5-10(13)11(15-7-9)14-6-8-1-3-16-4-2-8/h5,7-8H,1-4,6H2,(H,14,15). The second-order valence-electron chi connectivity index (χ2n) is 3.92. The van der Waals surface area contributed by atoms with Gasteiger partial charge in [-0.2, -0.15) is 0 Å².